The van der Waals surface area contributed by atoms with Crippen LogP contribution in [0.15, 0.2) is 45.7 Å². The minimum absolute atomic E-state index is 0.0154. The zero-order valence-electron chi connectivity index (χ0n) is 19.8. The highest BCUT2D eigenvalue weighted by Gasteiger charge is 2.49. The number of nitrogens with zero attached hydrogens (tertiary/aromatic N) is 5. The first-order valence-corrected chi connectivity index (χ1v) is 12.2. The molecule has 0 radical (unpaired) electrons. The molecule has 0 aliphatic carbocycles. The summed E-state index contributed by atoms with van der Waals surface area (Å²) in [4.78, 5) is 43.7. The summed E-state index contributed by atoms with van der Waals surface area (Å²) in [6.45, 7) is 3.30. The van der Waals surface area contributed by atoms with Crippen LogP contribution in [0.2, 0.25) is 0 Å². The highest BCUT2D eigenvalue weighted by Crippen LogP contribution is 2.47. The number of hydrogen-bond acceptors (Lipinski definition) is 8. The number of nitro groups is 1. The van der Waals surface area contributed by atoms with E-state index in [1.54, 1.807) is 25.1 Å². The molecule has 3 aromatic rings. The number of non-ortho nitro benzene ring substituents is 1. The molecule has 2 bridgehead atoms. The van der Waals surface area contributed by atoms with E-state index in [2.05, 4.69) is 20.4 Å². The second kappa shape index (κ2) is 8.58. The molecule has 0 spiro atoms. The van der Waals surface area contributed by atoms with Gasteiger partial charge in [0.1, 0.15) is 0 Å². The van der Waals surface area contributed by atoms with Gasteiger partial charge in [-0.15, -0.1) is 0 Å². The minimum Gasteiger partial charge on any atom is -0.366 e. The van der Waals surface area contributed by atoms with Gasteiger partial charge in [0.25, 0.3) is 11.2 Å². The third-order valence-electron chi connectivity index (χ3n) is 7.75. The standard InChI is InChI=1S/C25H26N6O5/c1-14-27-22(36-28-14)7-8-26-25(33)19-11-15-10-18(31(34)35)5-6-21(15)30-12-16-9-17(24(19)30)13-29-20(16)3-2-4-23(29)32/h2-6,10,16-17,19,24H,7-9,11-13H2,1H3,(H,26,33)/t16-,17-,19-,24+/m1/s1. The molecule has 1 N–H and O–H groups in total. The molecule has 186 valence electrons. The normalized spacial score (nSPS) is 23.9. The number of fused-ring (bicyclic) bond motifs is 8. The zero-order valence-corrected chi connectivity index (χ0v) is 19.8. The lowest BCUT2D eigenvalue weighted by molar-refractivity contribution is -0.384. The summed E-state index contributed by atoms with van der Waals surface area (Å²) in [6, 6.07) is 10.2. The van der Waals surface area contributed by atoms with Crippen LogP contribution in [-0.2, 0) is 24.2 Å². The van der Waals surface area contributed by atoms with Crippen LogP contribution in [-0.4, -0.2) is 44.7 Å². The molecule has 36 heavy (non-hydrogen) atoms. The molecule has 1 fully saturated rings. The Morgan fingerprint density at radius 2 is 2.14 bits per heavy atom. The number of piperidine rings is 1. The fourth-order valence-corrected chi connectivity index (χ4v) is 6.32. The Balaban J connectivity index is 1.33. The highest BCUT2D eigenvalue weighted by atomic mass is 16.6. The van der Waals surface area contributed by atoms with Crippen molar-refractivity contribution in [3.05, 3.63) is 79.8 Å². The predicted octanol–water partition coefficient (Wildman–Crippen LogP) is 1.97. The van der Waals surface area contributed by atoms with E-state index in [1.165, 1.54) is 6.07 Å². The number of anilines is 1. The summed E-state index contributed by atoms with van der Waals surface area (Å²) in [7, 11) is 0. The van der Waals surface area contributed by atoms with E-state index >= 15 is 0 Å². The summed E-state index contributed by atoms with van der Waals surface area (Å²) in [5.74, 6) is 0.747. The lowest BCUT2D eigenvalue weighted by Gasteiger charge is -2.54. The molecule has 6 rings (SSSR count). The predicted molar refractivity (Wildman–Crippen MR) is 129 cm³/mol. The van der Waals surface area contributed by atoms with Gasteiger partial charge in [0, 0.05) is 67.6 Å². The van der Waals surface area contributed by atoms with Crippen LogP contribution in [0.1, 0.15) is 35.3 Å². The number of pyridine rings is 1. The van der Waals surface area contributed by atoms with E-state index in [0.717, 1.165) is 23.4 Å². The van der Waals surface area contributed by atoms with Gasteiger partial charge in [-0.1, -0.05) is 11.2 Å². The molecular weight excluding hydrogens is 464 g/mol. The number of rotatable bonds is 5. The first-order chi connectivity index (χ1) is 17.4. The number of amides is 1. The van der Waals surface area contributed by atoms with Gasteiger partial charge < -0.3 is 19.3 Å². The summed E-state index contributed by atoms with van der Waals surface area (Å²) in [6.07, 6.45) is 1.73. The number of carbonyl (C=O) groups is 1. The van der Waals surface area contributed by atoms with Gasteiger partial charge in [-0.2, -0.15) is 4.98 Å². The van der Waals surface area contributed by atoms with Gasteiger partial charge in [-0.3, -0.25) is 19.7 Å². The van der Waals surface area contributed by atoms with Gasteiger partial charge in [-0.25, -0.2) is 0 Å². The molecule has 0 unspecified atom stereocenters. The zero-order chi connectivity index (χ0) is 25.0. The van der Waals surface area contributed by atoms with Crippen LogP contribution in [0.5, 0.6) is 0 Å². The summed E-state index contributed by atoms with van der Waals surface area (Å²) < 4.78 is 7.00. The molecule has 0 saturated carbocycles. The molecule has 11 heteroatoms. The molecule has 3 aliphatic heterocycles. The van der Waals surface area contributed by atoms with E-state index in [1.807, 2.05) is 16.7 Å². The Bertz CT molecular complexity index is 1410. The van der Waals surface area contributed by atoms with Crippen molar-refractivity contribution in [2.24, 2.45) is 11.8 Å². The van der Waals surface area contributed by atoms with Crippen molar-refractivity contribution in [2.75, 3.05) is 18.0 Å². The monoisotopic (exact) mass is 490 g/mol. The maximum atomic E-state index is 13.5. The second-order valence-corrected chi connectivity index (χ2v) is 9.89. The van der Waals surface area contributed by atoms with Crippen molar-refractivity contribution in [2.45, 2.75) is 44.7 Å². The molecule has 2 aromatic heterocycles. The maximum Gasteiger partial charge on any atom is 0.269 e. The van der Waals surface area contributed by atoms with E-state index in [9.17, 15) is 19.7 Å². The van der Waals surface area contributed by atoms with Crippen LogP contribution >= 0.6 is 0 Å². The smallest absolute Gasteiger partial charge is 0.269 e. The van der Waals surface area contributed by atoms with Crippen LogP contribution in [0, 0.1) is 28.9 Å². The van der Waals surface area contributed by atoms with Crippen molar-refractivity contribution in [3.63, 3.8) is 0 Å². The molecule has 1 saturated heterocycles. The average Bonchev–Trinajstić information content (AvgIpc) is 3.28. The van der Waals surface area contributed by atoms with E-state index in [4.69, 9.17) is 4.52 Å². The fraction of sp³-hybridized carbons (Fsp3) is 0.440. The minimum atomic E-state index is -0.407. The van der Waals surface area contributed by atoms with E-state index in [0.29, 0.717) is 44.2 Å². The van der Waals surface area contributed by atoms with Crippen molar-refractivity contribution in [1.82, 2.24) is 20.0 Å². The highest BCUT2D eigenvalue weighted by molar-refractivity contribution is 5.82. The number of aryl methyl sites for hydroxylation is 1. The van der Waals surface area contributed by atoms with E-state index in [-0.39, 0.29) is 35.0 Å². The molecule has 5 heterocycles. The number of hydrogen-bond donors (Lipinski definition) is 1. The van der Waals surface area contributed by atoms with Crippen LogP contribution in [0.3, 0.4) is 0 Å². The molecular formula is C25H26N6O5. The molecule has 3 aliphatic rings. The van der Waals surface area contributed by atoms with Crippen LogP contribution in [0.4, 0.5) is 11.4 Å². The Labute approximate surface area is 206 Å². The van der Waals surface area contributed by atoms with Gasteiger partial charge in [0.05, 0.1) is 10.8 Å². The van der Waals surface area contributed by atoms with Gasteiger partial charge in [-0.05, 0) is 43.4 Å². The SMILES string of the molecule is Cc1noc(CCNC(=O)[C@@H]2Cc3cc([N+](=O)[O-])ccc3N3C[C@H]4C[C@H](Cn5c4cccc5=O)[C@@H]23)n1. The van der Waals surface area contributed by atoms with Gasteiger partial charge in [0.15, 0.2) is 5.82 Å². The Morgan fingerprint density at radius 1 is 1.28 bits per heavy atom. The van der Waals surface area contributed by atoms with Crippen molar-refractivity contribution in [3.8, 4) is 0 Å². The van der Waals surface area contributed by atoms with Crippen LogP contribution in [0.25, 0.3) is 0 Å². The lowest BCUT2D eigenvalue weighted by atomic mass is 9.70. The van der Waals surface area contributed by atoms with Crippen molar-refractivity contribution in [1.29, 1.82) is 0 Å². The second-order valence-electron chi connectivity index (χ2n) is 9.89. The number of carbonyl (C=O) groups excluding carboxylic acids is 1. The molecule has 1 aromatic carbocycles. The number of benzene rings is 1. The first kappa shape index (κ1) is 22.4. The summed E-state index contributed by atoms with van der Waals surface area (Å²) in [5, 5.41) is 18.2. The first-order valence-electron chi connectivity index (χ1n) is 12.2. The Morgan fingerprint density at radius 3 is 2.92 bits per heavy atom. The summed E-state index contributed by atoms with van der Waals surface area (Å²) in [5.41, 5.74) is 2.77. The Kier molecular flexibility index (Phi) is 5.35. The third-order valence-corrected chi connectivity index (χ3v) is 7.75. The third kappa shape index (κ3) is 3.75. The van der Waals surface area contributed by atoms with Crippen molar-refractivity contribution < 1.29 is 14.2 Å². The van der Waals surface area contributed by atoms with Gasteiger partial charge in [0.2, 0.25) is 11.8 Å². The number of nitrogens with one attached hydrogen (secondary N) is 1. The quantitative estimate of drug-likeness (QED) is 0.423. The lowest BCUT2D eigenvalue weighted by Crippen LogP contribution is -2.61. The maximum absolute atomic E-state index is 13.5. The van der Waals surface area contributed by atoms with Crippen molar-refractivity contribution >= 4 is 17.3 Å². The molecule has 1 amide bonds. The Hall–Kier alpha value is -4.02. The summed E-state index contributed by atoms with van der Waals surface area (Å²) >= 11 is 0. The topological polar surface area (TPSA) is 136 Å². The average molecular weight is 491 g/mol. The van der Waals surface area contributed by atoms with Gasteiger partial charge >= 0.3 is 0 Å². The number of aromatic nitrogens is 3. The number of nitro benzene ring substituents is 1. The van der Waals surface area contributed by atoms with Crippen LogP contribution < -0.4 is 15.8 Å². The molecule has 4 atom stereocenters. The molecule has 11 nitrogen and oxygen atoms in total. The van der Waals surface area contributed by atoms with E-state index < -0.39 is 10.8 Å². The largest absolute Gasteiger partial charge is 0.366 e. The fourth-order valence-electron chi connectivity index (χ4n) is 6.32.